The summed E-state index contributed by atoms with van der Waals surface area (Å²) in [6.45, 7) is 2.02. The lowest BCUT2D eigenvalue weighted by Gasteiger charge is -2.02. The van der Waals surface area contributed by atoms with E-state index < -0.39 is 0 Å². The number of imidazole rings is 1. The minimum absolute atomic E-state index is 0.759. The lowest BCUT2D eigenvalue weighted by atomic mass is 10.1. The summed E-state index contributed by atoms with van der Waals surface area (Å²) < 4.78 is 0. The molecule has 2 aromatic rings. The van der Waals surface area contributed by atoms with E-state index in [-0.39, 0.29) is 0 Å². The number of aromatic nitrogens is 2. The zero-order valence-electron chi connectivity index (χ0n) is 7.41. The molecule has 0 saturated carbocycles. The summed E-state index contributed by atoms with van der Waals surface area (Å²) in [6, 6.07) is 5.94. The van der Waals surface area contributed by atoms with E-state index in [2.05, 4.69) is 9.97 Å². The molecular formula is C10H11N3. The Morgan fingerprint density at radius 1 is 1.38 bits per heavy atom. The van der Waals surface area contributed by atoms with Gasteiger partial charge >= 0.3 is 0 Å². The van der Waals surface area contributed by atoms with E-state index in [0.717, 1.165) is 22.6 Å². The molecule has 0 saturated heterocycles. The van der Waals surface area contributed by atoms with E-state index in [1.165, 1.54) is 0 Å². The minimum Gasteiger partial charge on any atom is -0.398 e. The molecule has 1 aromatic heterocycles. The van der Waals surface area contributed by atoms with Crippen LogP contribution in [-0.2, 0) is 0 Å². The Balaban J connectivity index is 2.53. The van der Waals surface area contributed by atoms with Gasteiger partial charge in [0.2, 0.25) is 0 Å². The number of H-pyrrole nitrogens is 1. The highest BCUT2D eigenvalue weighted by molar-refractivity contribution is 5.71. The second-order valence-electron chi connectivity index (χ2n) is 3.03. The van der Waals surface area contributed by atoms with Gasteiger partial charge in [-0.25, -0.2) is 4.98 Å². The molecule has 66 valence electrons. The molecule has 1 heterocycles. The van der Waals surface area contributed by atoms with E-state index in [9.17, 15) is 0 Å². The second kappa shape index (κ2) is 2.94. The van der Waals surface area contributed by atoms with Crippen LogP contribution < -0.4 is 5.73 Å². The van der Waals surface area contributed by atoms with Crippen molar-refractivity contribution in [1.29, 1.82) is 0 Å². The number of nitrogen functional groups attached to an aromatic ring is 1. The lowest BCUT2D eigenvalue weighted by molar-refractivity contribution is 1.30. The topological polar surface area (TPSA) is 54.7 Å². The average molecular weight is 173 g/mol. The quantitative estimate of drug-likeness (QED) is 0.648. The molecule has 0 atom stereocenters. The summed E-state index contributed by atoms with van der Waals surface area (Å²) in [5, 5.41) is 0. The van der Waals surface area contributed by atoms with Gasteiger partial charge in [-0.05, 0) is 24.6 Å². The van der Waals surface area contributed by atoms with E-state index in [1.807, 2.05) is 25.1 Å². The van der Waals surface area contributed by atoms with Gasteiger partial charge in [-0.2, -0.15) is 0 Å². The normalized spacial score (nSPS) is 10.2. The number of hydrogen-bond donors (Lipinski definition) is 2. The van der Waals surface area contributed by atoms with Gasteiger partial charge in [-0.3, -0.25) is 0 Å². The highest BCUT2D eigenvalue weighted by atomic mass is 14.9. The third-order valence-electron chi connectivity index (χ3n) is 1.96. The summed E-state index contributed by atoms with van der Waals surface area (Å²) in [5.74, 6) is 0.817. The molecular weight excluding hydrogens is 162 g/mol. The molecule has 0 amide bonds. The van der Waals surface area contributed by atoms with Crippen LogP contribution in [0.25, 0.3) is 11.4 Å². The van der Waals surface area contributed by atoms with Crippen LogP contribution in [0.4, 0.5) is 5.69 Å². The van der Waals surface area contributed by atoms with Crippen molar-refractivity contribution in [2.45, 2.75) is 6.92 Å². The van der Waals surface area contributed by atoms with Crippen LogP contribution >= 0.6 is 0 Å². The fourth-order valence-corrected chi connectivity index (χ4v) is 1.31. The van der Waals surface area contributed by atoms with Gasteiger partial charge in [0, 0.05) is 23.6 Å². The van der Waals surface area contributed by atoms with Crippen LogP contribution in [0.2, 0.25) is 0 Å². The maximum atomic E-state index is 5.85. The van der Waals surface area contributed by atoms with E-state index in [0.29, 0.717) is 0 Å². The van der Waals surface area contributed by atoms with Gasteiger partial charge in [0.15, 0.2) is 0 Å². The molecule has 0 aliphatic rings. The lowest BCUT2D eigenvalue weighted by Crippen LogP contribution is -1.91. The monoisotopic (exact) mass is 173 g/mol. The van der Waals surface area contributed by atoms with E-state index >= 15 is 0 Å². The molecule has 0 spiro atoms. The summed E-state index contributed by atoms with van der Waals surface area (Å²) in [4.78, 5) is 7.16. The number of nitrogens with one attached hydrogen (secondary N) is 1. The van der Waals surface area contributed by atoms with Crippen molar-refractivity contribution < 1.29 is 0 Å². The maximum absolute atomic E-state index is 5.85. The zero-order chi connectivity index (χ0) is 9.26. The Morgan fingerprint density at radius 3 is 2.85 bits per heavy atom. The molecule has 2 rings (SSSR count). The first-order chi connectivity index (χ1) is 6.27. The molecule has 0 unspecified atom stereocenters. The van der Waals surface area contributed by atoms with Crippen LogP contribution in [0.1, 0.15) is 5.56 Å². The number of anilines is 1. The Labute approximate surface area is 76.6 Å². The van der Waals surface area contributed by atoms with Crippen molar-refractivity contribution in [1.82, 2.24) is 9.97 Å². The number of aromatic amines is 1. The van der Waals surface area contributed by atoms with Crippen LogP contribution in [0.15, 0.2) is 30.6 Å². The third kappa shape index (κ3) is 1.40. The predicted molar refractivity (Wildman–Crippen MR) is 53.2 cm³/mol. The SMILES string of the molecule is Cc1ccc(-c2ncc[nH]2)c(N)c1. The van der Waals surface area contributed by atoms with Crippen molar-refractivity contribution in [3.8, 4) is 11.4 Å². The largest absolute Gasteiger partial charge is 0.398 e. The molecule has 0 aliphatic heterocycles. The van der Waals surface area contributed by atoms with Crippen molar-refractivity contribution >= 4 is 5.69 Å². The average Bonchev–Trinajstić information content (AvgIpc) is 2.56. The van der Waals surface area contributed by atoms with Crippen molar-refractivity contribution in [2.24, 2.45) is 0 Å². The first-order valence-electron chi connectivity index (χ1n) is 4.13. The van der Waals surface area contributed by atoms with Gasteiger partial charge in [0.1, 0.15) is 5.82 Å². The van der Waals surface area contributed by atoms with Crippen LogP contribution in [0, 0.1) is 6.92 Å². The molecule has 0 bridgehead atoms. The van der Waals surface area contributed by atoms with Crippen LogP contribution in [0.5, 0.6) is 0 Å². The number of hydrogen-bond acceptors (Lipinski definition) is 2. The Morgan fingerprint density at radius 2 is 2.23 bits per heavy atom. The highest BCUT2D eigenvalue weighted by Crippen LogP contribution is 2.22. The minimum atomic E-state index is 0.759. The third-order valence-corrected chi connectivity index (χ3v) is 1.96. The molecule has 3 nitrogen and oxygen atoms in total. The highest BCUT2D eigenvalue weighted by Gasteiger charge is 2.03. The van der Waals surface area contributed by atoms with Gasteiger partial charge < -0.3 is 10.7 Å². The Bertz CT molecular complexity index is 404. The smallest absolute Gasteiger partial charge is 0.139 e. The fraction of sp³-hybridized carbons (Fsp3) is 0.100. The maximum Gasteiger partial charge on any atom is 0.139 e. The van der Waals surface area contributed by atoms with E-state index in [4.69, 9.17) is 5.73 Å². The predicted octanol–water partition coefficient (Wildman–Crippen LogP) is 1.97. The van der Waals surface area contributed by atoms with Crippen molar-refractivity contribution in [2.75, 3.05) is 5.73 Å². The molecule has 3 heteroatoms. The van der Waals surface area contributed by atoms with Gasteiger partial charge in [0.25, 0.3) is 0 Å². The van der Waals surface area contributed by atoms with Crippen molar-refractivity contribution in [3.63, 3.8) is 0 Å². The summed E-state index contributed by atoms with van der Waals surface area (Å²) >= 11 is 0. The summed E-state index contributed by atoms with van der Waals surface area (Å²) in [6.07, 6.45) is 3.50. The van der Waals surface area contributed by atoms with Gasteiger partial charge in [0.05, 0.1) is 0 Å². The van der Waals surface area contributed by atoms with Crippen LogP contribution in [0.3, 0.4) is 0 Å². The Hall–Kier alpha value is -1.77. The molecule has 1 aromatic carbocycles. The van der Waals surface area contributed by atoms with Gasteiger partial charge in [-0.15, -0.1) is 0 Å². The number of nitrogens with zero attached hydrogens (tertiary/aromatic N) is 1. The first kappa shape index (κ1) is 7.86. The number of benzene rings is 1. The van der Waals surface area contributed by atoms with E-state index in [1.54, 1.807) is 12.4 Å². The number of nitrogens with two attached hydrogens (primary N) is 1. The molecule has 0 fully saturated rings. The number of aryl methyl sites for hydroxylation is 1. The molecule has 13 heavy (non-hydrogen) atoms. The second-order valence-corrected chi connectivity index (χ2v) is 3.03. The number of rotatable bonds is 1. The van der Waals surface area contributed by atoms with Crippen LogP contribution in [-0.4, -0.2) is 9.97 Å². The summed E-state index contributed by atoms with van der Waals surface area (Å²) in [7, 11) is 0. The molecule has 3 N–H and O–H groups in total. The summed E-state index contributed by atoms with van der Waals surface area (Å²) in [5.41, 5.74) is 8.73. The first-order valence-corrected chi connectivity index (χ1v) is 4.13. The zero-order valence-corrected chi connectivity index (χ0v) is 7.41. The van der Waals surface area contributed by atoms with Crippen molar-refractivity contribution in [3.05, 3.63) is 36.2 Å². The fourth-order valence-electron chi connectivity index (χ4n) is 1.31. The molecule has 0 radical (unpaired) electrons. The van der Waals surface area contributed by atoms with Gasteiger partial charge in [-0.1, -0.05) is 6.07 Å². The standard InChI is InChI=1S/C10H11N3/c1-7-2-3-8(9(11)6-7)10-12-4-5-13-10/h2-6H,11H2,1H3,(H,12,13). The molecule has 0 aliphatic carbocycles. The Kier molecular flexibility index (Phi) is 1.77.